The quantitative estimate of drug-likeness (QED) is 0.320. The van der Waals surface area contributed by atoms with Gasteiger partial charge >= 0.3 is 0 Å². The van der Waals surface area contributed by atoms with Crippen molar-refractivity contribution in [2.75, 3.05) is 12.0 Å². The molecule has 1 saturated heterocycles. The first kappa shape index (κ1) is 21.1. The Hall–Kier alpha value is -3.16. The third kappa shape index (κ3) is 3.60. The fraction of sp³-hybridized carbons (Fsp3) is 0.130. The first-order chi connectivity index (χ1) is 14.8. The Morgan fingerprint density at radius 3 is 2.45 bits per heavy atom. The van der Waals surface area contributed by atoms with E-state index >= 15 is 0 Å². The van der Waals surface area contributed by atoms with E-state index in [1.54, 1.807) is 18.2 Å². The molecular formula is C23H17ClFNO4S. The standard InChI is InChI=1S/C23H17ClFNO4S/c1-12-9-10-31-22(12)19-18(20(27)13-3-5-14(25)6-4-13)21(28)23(29)26(19)15-7-8-17(30-2)16(24)11-15/h3-11,19,27H,1-2H3/b20-18-. The van der Waals surface area contributed by atoms with Crippen molar-refractivity contribution in [3.63, 3.8) is 0 Å². The number of Topliss-reactive ketones (excluding diaryl/α,β-unsaturated/α-hetero) is 1. The minimum absolute atomic E-state index is 0.0610. The van der Waals surface area contributed by atoms with E-state index in [4.69, 9.17) is 16.3 Å². The zero-order valence-corrected chi connectivity index (χ0v) is 18.1. The lowest BCUT2D eigenvalue weighted by atomic mass is 9.98. The smallest absolute Gasteiger partial charge is 0.300 e. The molecule has 0 spiro atoms. The number of halogens is 2. The van der Waals surface area contributed by atoms with Gasteiger partial charge in [0.2, 0.25) is 0 Å². The van der Waals surface area contributed by atoms with Crippen LogP contribution in [0.5, 0.6) is 5.75 Å². The van der Waals surface area contributed by atoms with Crippen molar-refractivity contribution in [3.8, 4) is 5.75 Å². The molecule has 3 aromatic rings. The molecular weight excluding hydrogens is 441 g/mol. The number of aliphatic hydroxyl groups excluding tert-OH is 1. The molecule has 5 nitrogen and oxygen atoms in total. The number of amides is 1. The van der Waals surface area contributed by atoms with Crippen LogP contribution in [0.4, 0.5) is 10.1 Å². The molecule has 2 aromatic carbocycles. The highest BCUT2D eigenvalue weighted by molar-refractivity contribution is 7.10. The highest BCUT2D eigenvalue weighted by atomic mass is 35.5. The number of ketones is 1. The van der Waals surface area contributed by atoms with E-state index in [9.17, 15) is 19.1 Å². The van der Waals surface area contributed by atoms with E-state index in [0.717, 1.165) is 10.4 Å². The molecule has 1 atom stereocenters. The van der Waals surface area contributed by atoms with Crippen LogP contribution in [0.15, 0.2) is 59.5 Å². The molecule has 1 N–H and O–H groups in total. The second-order valence-corrected chi connectivity index (χ2v) is 8.32. The number of methoxy groups -OCH3 is 1. The van der Waals surface area contributed by atoms with E-state index in [0.29, 0.717) is 11.4 Å². The van der Waals surface area contributed by atoms with Crippen molar-refractivity contribution in [3.05, 3.63) is 86.3 Å². The second-order valence-electron chi connectivity index (χ2n) is 6.96. The van der Waals surface area contributed by atoms with Crippen LogP contribution in [0.1, 0.15) is 22.0 Å². The molecule has 1 aromatic heterocycles. The van der Waals surface area contributed by atoms with Gasteiger partial charge in [-0.1, -0.05) is 11.6 Å². The fourth-order valence-corrected chi connectivity index (χ4v) is 4.86. The van der Waals surface area contributed by atoms with E-state index in [1.165, 1.54) is 47.6 Å². The van der Waals surface area contributed by atoms with Crippen molar-refractivity contribution in [1.29, 1.82) is 0 Å². The van der Waals surface area contributed by atoms with Crippen LogP contribution in [0.2, 0.25) is 5.02 Å². The predicted octanol–water partition coefficient (Wildman–Crippen LogP) is 5.48. The molecule has 1 fully saturated rings. The van der Waals surface area contributed by atoms with Crippen molar-refractivity contribution in [2.45, 2.75) is 13.0 Å². The summed E-state index contributed by atoms with van der Waals surface area (Å²) in [4.78, 5) is 28.2. The highest BCUT2D eigenvalue weighted by Gasteiger charge is 2.48. The maximum atomic E-state index is 13.4. The maximum Gasteiger partial charge on any atom is 0.300 e. The molecule has 1 unspecified atom stereocenters. The van der Waals surface area contributed by atoms with E-state index in [-0.39, 0.29) is 21.9 Å². The Balaban J connectivity index is 1.94. The molecule has 4 rings (SSSR count). The summed E-state index contributed by atoms with van der Waals surface area (Å²) in [6, 6.07) is 10.9. The number of rotatable bonds is 4. The van der Waals surface area contributed by atoms with Crippen molar-refractivity contribution in [2.24, 2.45) is 0 Å². The van der Waals surface area contributed by atoms with Crippen LogP contribution in [0, 0.1) is 12.7 Å². The summed E-state index contributed by atoms with van der Waals surface area (Å²) in [5.74, 6) is -2.03. The normalized spacial score (nSPS) is 17.9. The molecule has 31 heavy (non-hydrogen) atoms. The Kier molecular flexibility index (Phi) is 5.56. The van der Waals surface area contributed by atoms with Crippen LogP contribution in [-0.4, -0.2) is 23.9 Å². The average Bonchev–Trinajstić information content (AvgIpc) is 3.28. The topological polar surface area (TPSA) is 66.8 Å². The van der Waals surface area contributed by atoms with Gasteiger partial charge in [0.1, 0.15) is 23.4 Å². The summed E-state index contributed by atoms with van der Waals surface area (Å²) in [7, 11) is 1.48. The van der Waals surface area contributed by atoms with Gasteiger partial charge < -0.3 is 9.84 Å². The zero-order valence-electron chi connectivity index (χ0n) is 16.6. The first-order valence-electron chi connectivity index (χ1n) is 9.28. The van der Waals surface area contributed by atoms with Crippen LogP contribution < -0.4 is 9.64 Å². The number of thiophene rings is 1. The van der Waals surface area contributed by atoms with Gasteiger partial charge in [-0.2, -0.15) is 0 Å². The minimum Gasteiger partial charge on any atom is -0.507 e. The summed E-state index contributed by atoms with van der Waals surface area (Å²) >= 11 is 7.63. The summed E-state index contributed by atoms with van der Waals surface area (Å²) in [6.45, 7) is 1.87. The molecule has 8 heteroatoms. The Morgan fingerprint density at radius 1 is 1.16 bits per heavy atom. The molecule has 158 valence electrons. The number of hydrogen-bond acceptors (Lipinski definition) is 5. The highest BCUT2D eigenvalue weighted by Crippen LogP contribution is 2.45. The van der Waals surface area contributed by atoms with Crippen LogP contribution in [0.3, 0.4) is 0 Å². The van der Waals surface area contributed by atoms with Gasteiger partial charge in [-0.15, -0.1) is 11.3 Å². The maximum absolute atomic E-state index is 13.4. The lowest BCUT2D eigenvalue weighted by Gasteiger charge is -2.25. The average molecular weight is 458 g/mol. The van der Waals surface area contributed by atoms with E-state index in [2.05, 4.69) is 0 Å². The van der Waals surface area contributed by atoms with Gasteiger partial charge in [0.15, 0.2) is 0 Å². The number of carbonyl (C=O) groups excluding carboxylic acids is 2. The van der Waals surface area contributed by atoms with Crippen LogP contribution in [-0.2, 0) is 9.59 Å². The van der Waals surface area contributed by atoms with Gasteiger partial charge in [0, 0.05) is 16.1 Å². The van der Waals surface area contributed by atoms with Crippen molar-refractivity contribution >= 4 is 46.1 Å². The van der Waals surface area contributed by atoms with E-state index < -0.39 is 23.5 Å². The number of benzene rings is 2. The number of anilines is 1. The molecule has 1 aliphatic heterocycles. The Bertz CT molecular complexity index is 1220. The molecule has 0 bridgehead atoms. The largest absolute Gasteiger partial charge is 0.507 e. The summed E-state index contributed by atoms with van der Waals surface area (Å²) in [5.41, 5.74) is 1.44. The number of hydrogen-bond donors (Lipinski definition) is 1. The zero-order chi connectivity index (χ0) is 22.3. The van der Waals surface area contributed by atoms with Gasteiger partial charge in [-0.3, -0.25) is 14.5 Å². The molecule has 0 radical (unpaired) electrons. The summed E-state index contributed by atoms with van der Waals surface area (Å²) < 4.78 is 18.5. The lowest BCUT2D eigenvalue weighted by molar-refractivity contribution is -0.132. The number of nitrogens with zero attached hydrogens (tertiary/aromatic N) is 1. The predicted molar refractivity (Wildman–Crippen MR) is 118 cm³/mol. The van der Waals surface area contributed by atoms with Crippen molar-refractivity contribution < 1.29 is 23.8 Å². The van der Waals surface area contributed by atoms with Gasteiger partial charge in [-0.25, -0.2) is 4.39 Å². The fourth-order valence-electron chi connectivity index (χ4n) is 3.58. The van der Waals surface area contributed by atoms with Crippen LogP contribution >= 0.6 is 22.9 Å². The number of carbonyl (C=O) groups is 2. The Morgan fingerprint density at radius 2 is 1.87 bits per heavy atom. The third-order valence-corrected chi connectivity index (χ3v) is 6.49. The summed E-state index contributed by atoms with van der Waals surface area (Å²) in [5, 5.41) is 13.1. The number of ether oxygens (including phenoxy) is 1. The summed E-state index contributed by atoms with van der Waals surface area (Å²) in [6.07, 6.45) is 0. The minimum atomic E-state index is -0.852. The van der Waals surface area contributed by atoms with E-state index in [1.807, 2.05) is 18.4 Å². The van der Waals surface area contributed by atoms with Crippen LogP contribution in [0.25, 0.3) is 5.76 Å². The van der Waals surface area contributed by atoms with Gasteiger partial charge in [0.25, 0.3) is 11.7 Å². The molecule has 0 aliphatic carbocycles. The van der Waals surface area contributed by atoms with Gasteiger partial charge in [0.05, 0.1) is 17.7 Å². The molecule has 0 saturated carbocycles. The Labute approximate surface area is 187 Å². The first-order valence-corrected chi connectivity index (χ1v) is 10.5. The number of aryl methyl sites for hydroxylation is 1. The number of aliphatic hydroxyl groups is 1. The third-order valence-electron chi connectivity index (χ3n) is 5.13. The SMILES string of the molecule is COc1ccc(N2C(=O)C(=O)/C(=C(\O)c3ccc(F)cc3)C2c2sccc2C)cc1Cl. The van der Waals surface area contributed by atoms with Gasteiger partial charge in [-0.05, 0) is 66.4 Å². The lowest BCUT2D eigenvalue weighted by Crippen LogP contribution is -2.29. The van der Waals surface area contributed by atoms with Crippen molar-refractivity contribution in [1.82, 2.24) is 0 Å². The molecule has 1 amide bonds. The second kappa shape index (κ2) is 8.17. The monoisotopic (exact) mass is 457 g/mol. The molecule has 1 aliphatic rings. The molecule has 2 heterocycles.